The van der Waals surface area contributed by atoms with Crippen LogP contribution < -0.4 is 0 Å². The van der Waals surface area contributed by atoms with E-state index >= 15 is 0 Å². The fourth-order valence-corrected chi connectivity index (χ4v) is 7.46. The monoisotopic (exact) mass is 406 g/mol. The molecule has 0 heterocycles. The number of fused-ring (bicyclic) bond motifs is 5. The Morgan fingerprint density at radius 1 is 0.889 bits per heavy atom. The van der Waals surface area contributed by atoms with Crippen LogP contribution in [0.1, 0.15) is 6.42 Å². The van der Waals surface area contributed by atoms with Gasteiger partial charge in [0, 0.05) is 5.92 Å². The lowest BCUT2D eigenvalue weighted by Gasteiger charge is -2.35. The van der Waals surface area contributed by atoms with Crippen LogP contribution in [0.5, 0.6) is 0 Å². The summed E-state index contributed by atoms with van der Waals surface area (Å²) >= 11 is 51.0. The van der Waals surface area contributed by atoms with Crippen LogP contribution in [-0.4, -0.2) is 24.8 Å². The maximum absolute atomic E-state index is 6.62. The third kappa shape index (κ3) is 1.28. The first kappa shape index (κ1) is 15.0. The molecule has 0 amide bonds. The largest absolute Gasteiger partial charge is 0.166 e. The minimum absolute atomic E-state index is 0.184. The van der Waals surface area contributed by atoms with Gasteiger partial charge in [0.05, 0.1) is 20.8 Å². The summed E-state index contributed by atoms with van der Waals surface area (Å²) < 4.78 is -1.50. The summed E-state index contributed by atoms with van der Waals surface area (Å²) in [6.07, 6.45) is 0.555. The normalized spacial score (nSPS) is 57.3. The number of hydrogen-bond donors (Lipinski definition) is 0. The average molecular weight is 410 g/mol. The van der Waals surface area contributed by atoms with Crippen LogP contribution in [0.25, 0.3) is 0 Å². The van der Waals surface area contributed by atoms with Crippen LogP contribution in [-0.2, 0) is 0 Å². The van der Waals surface area contributed by atoms with Crippen LogP contribution in [0.15, 0.2) is 10.1 Å². The summed E-state index contributed by atoms with van der Waals surface area (Å²) in [5.41, 5.74) is 0. The molecule has 2 fully saturated rings. The topological polar surface area (TPSA) is 0 Å². The van der Waals surface area contributed by atoms with Gasteiger partial charge in [0.25, 0.3) is 0 Å². The third-order valence-corrected chi connectivity index (χ3v) is 9.79. The van der Waals surface area contributed by atoms with Crippen LogP contribution in [0.2, 0.25) is 0 Å². The Kier molecular flexibility index (Phi) is 3.39. The van der Waals surface area contributed by atoms with Crippen LogP contribution in [0.4, 0.5) is 0 Å². The molecule has 3 rings (SSSR count). The Bertz CT molecular complexity index is 459. The molecule has 2 bridgehead atoms. The van der Waals surface area contributed by atoms with E-state index in [1.165, 1.54) is 0 Å². The van der Waals surface area contributed by atoms with Crippen molar-refractivity contribution in [3.8, 4) is 0 Å². The number of halogens is 8. The van der Waals surface area contributed by atoms with E-state index in [2.05, 4.69) is 0 Å². The minimum Gasteiger partial charge on any atom is -0.121 e. The van der Waals surface area contributed by atoms with Crippen molar-refractivity contribution in [2.75, 3.05) is 0 Å². The van der Waals surface area contributed by atoms with E-state index in [4.69, 9.17) is 92.8 Å². The summed E-state index contributed by atoms with van der Waals surface area (Å²) in [6, 6.07) is 0. The van der Waals surface area contributed by atoms with Crippen molar-refractivity contribution in [2.24, 2.45) is 11.8 Å². The quantitative estimate of drug-likeness (QED) is 0.451. The Hall–Kier alpha value is 2.06. The molecule has 102 valence electrons. The molecular formula is C10H6Cl8. The molecular weight excluding hydrogens is 404 g/mol. The highest BCUT2D eigenvalue weighted by Crippen LogP contribution is 2.79. The molecule has 3 aliphatic rings. The van der Waals surface area contributed by atoms with Gasteiger partial charge < -0.3 is 0 Å². The van der Waals surface area contributed by atoms with E-state index in [0.29, 0.717) is 6.42 Å². The lowest BCUT2D eigenvalue weighted by Crippen LogP contribution is -2.47. The van der Waals surface area contributed by atoms with Gasteiger partial charge in [-0.2, -0.15) is 0 Å². The number of allylic oxidation sites excluding steroid dienone is 2. The van der Waals surface area contributed by atoms with Crippen molar-refractivity contribution in [3.05, 3.63) is 10.1 Å². The molecule has 0 aromatic heterocycles. The van der Waals surface area contributed by atoms with E-state index in [1.54, 1.807) is 0 Å². The average Bonchev–Trinajstić information content (AvgIpc) is 2.69. The molecule has 2 saturated carbocycles. The molecule has 0 aliphatic heterocycles. The molecule has 0 spiro atoms. The smallest absolute Gasteiger partial charge is 0.121 e. The molecule has 0 aromatic carbocycles. The van der Waals surface area contributed by atoms with Crippen molar-refractivity contribution in [1.82, 2.24) is 0 Å². The summed E-state index contributed by atoms with van der Waals surface area (Å²) in [5.74, 6) is -0.488. The predicted molar refractivity (Wildman–Crippen MR) is 81.2 cm³/mol. The van der Waals surface area contributed by atoms with Gasteiger partial charge in [-0.15, -0.1) is 46.4 Å². The van der Waals surface area contributed by atoms with Gasteiger partial charge in [-0.05, 0) is 12.3 Å². The number of rotatable bonds is 0. The van der Waals surface area contributed by atoms with E-state index in [0.717, 1.165) is 0 Å². The zero-order valence-electron chi connectivity index (χ0n) is 8.54. The standard InChI is InChI=1S/C10H6Cl8/c11-3-1-2-4(5(3)12)9(16)7(14)6(13)8(2,15)10(9,17)18/h2-5H,1H2/t2-,3-,4-,5+,8-,9-/m0/s1. The van der Waals surface area contributed by atoms with E-state index < -0.39 is 19.5 Å². The molecule has 0 radical (unpaired) electrons. The van der Waals surface area contributed by atoms with Crippen molar-refractivity contribution in [2.45, 2.75) is 31.3 Å². The fourth-order valence-electron chi connectivity index (χ4n) is 3.48. The maximum Gasteiger partial charge on any atom is 0.166 e. The predicted octanol–water partition coefficient (Wildman–Crippen LogP) is 5.68. The molecule has 0 saturated heterocycles. The van der Waals surface area contributed by atoms with Gasteiger partial charge in [-0.25, -0.2) is 0 Å². The minimum atomic E-state index is -1.50. The molecule has 18 heavy (non-hydrogen) atoms. The van der Waals surface area contributed by atoms with Gasteiger partial charge in [0.1, 0.15) is 9.75 Å². The van der Waals surface area contributed by atoms with Gasteiger partial charge in [0.15, 0.2) is 4.33 Å². The highest BCUT2D eigenvalue weighted by molar-refractivity contribution is 6.66. The van der Waals surface area contributed by atoms with Crippen molar-refractivity contribution < 1.29 is 0 Å². The second-order valence-electron chi connectivity index (χ2n) is 4.95. The summed E-state index contributed by atoms with van der Waals surface area (Å²) in [4.78, 5) is -2.50. The molecule has 0 nitrogen and oxygen atoms in total. The van der Waals surface area contributed by atoms with Crippen molar-refractivity contribution in [1.29, 1.82) is 0 Å². The Labute approximate surface area is 145 Å². The lowest BCUT2D eigenvalue weighted by molar-refractivity contribution is 0.385. The second-order valence-corrected chi connectivity index (χ2v) is 9.29. The third-order valence-electron chi connectivity index (χ3n) is 4.32. The Morgan fingerprint density at radius 3 is 1.94 bits per heavy atom. The first-order valence-electron chi connectivity index (χ1n) is 5.21. The van der Waals surface area contributed by atoms with Crippen LogP contribution >= 0.6 is 92.8 Å². The molecule has 6 atom stereocenters. The maximum atomic E-state index is 6.62. The Morgan fingerprint density at radius 2 is 1.39 bits per heavy atom. The number of alkyl halides is 6. The van der Waals surface area contributed by atoms with Gasteiger partial charge >= 0.3 is 0 Å². The van der Waals surface area contributed by atoms with E-state index in [1.807, 2.05) is 0 Å². The van der Waals surface area contributed by atoms with E-state index in [-0.39, 0.29) is 27.3 Å². The SMILES string of the molecule is ClC1=C(Cl)[C@@]2(Cl)[C@H]3C[C@H](Cl)[C@@H](Cl)[C@H]3[C@@]1(Cl)C2(Cl)Cl. The zero-order valence-corrected chi connectivity index (χ0v) is 14.6. The first-order valence-corrected chi connectivity index (χ1v) is 8.35. The molecule has 3 aliphatic carbocycles. The first-order chi connectivity index (χ1) is 8.11. The Balaban J connectivity index is 2.26. The summed E-state index contributed by atoms with van der Waals surface area (Å²) in [7, 11) is 0. The zero-order chi connectivity index (χ0) is 13.7. The number of hydrogen-bond acceptors (Lipinski definition) is 0. The van der Waals surface area contributed by atoms with Gasteiger partial charge in [-0.3, -0.25) is 0 Å². The van der Waals surface area contributed by atoms with Gasteiger partial charge in [-0.1, -0.05) is 46.4 Å². The van der Waals surface area contributed by atoms with Crippen LogP contribution in [0.3, 0.4) is 0 Å². The highest BCUT2D eigenvalue weighted by Gasteiger charge is 2.84. The van der Waals surface area contributed by atoms with Crippen molar-refractivity contribution >= 4 is 92.8 Å². The van der Waals surface area contributed by atoms with Gasteiger partial charge in [0.2, 0.25) is 0 Å². The highest BCUT2D eigenvalue weighted by atomic mass is 35.5. The molecule has 0 N–H and O–H groups in total. The lowest BCUT2D eigenvalue weighted by atomic mass is 9.84. The molecule has 8 heteroatoms. The fraction of sp³-hybridized carbons (Fsp3) is 0.800. The molecule has 0 unspecified atom stereocenters. The molecule has 0 aromatic rings. The summed E-state index contributed by atoms with van der Waals surface area (Å²) in [5, 5.41) is -0.259. The second kappa shape index (κ2) is 4.07. The summed E-state index contributed by atoms with van der Waals surface area (Å²) in [6.45, 7) is 0. The van der Waals surface area contributed by atoms with E-state index in [9.17, 15) is 0 Å². The van der Waals surface area contributed by atoms with Crippen LogP contribution in [0, 0.1) is 11.8 Å². The van der Waals surface area contributed by atoms with Crippen molar-refractivity contribution in [3.63, 3.8) is 0 Å².